The van der Waals surface area contributed by atoms with Crippen LogP contribution in [-0.4, -0.2) is 40.2 Å². The molecule has 0 aliphatic carbocycles. The molecule has 0 saturated carbocycles. The van der Waals surface area contributed by atoms with Crippen LogP contribution >= 0.6 is 0 Å². The Bertz CT molecular complexity index is 1140. The molecule has 0 spiro atoms. The van der Waals surface area contributed by atoms with E-state index in [1.807, 2.05) is 51.1 Å². The van der Waals surface area contributed by atoms with Crippen LogP contribution in [0.15, 0.2) is 59.4 Å². The number of nitrogens with zero attached hydrogens (tertiary/aromatic N) is 3. The number of esters is 1. The van der Waals surface area contributed by atoms with E-state index in [4.69, 9.17) is 4.74 Å². The maximum atomic E-state index is 13.8. The number of rotatable bonds is 7. The Labute approximate surface area is 181 Å². The number of hydrogen-bond acceptors (Lipinski definition) is 5. The van der Waals surface area contributed by atoms with Crippen LogP contribution in [0.25, 0.3) is 10.8 Å². The van der Waals surface area contributed by atoms with Crippen molar-refractivity contribution in [1.82, 2.24) is 14.7 Å². The van der Waals surface area contributed by atoms with Crippen molar-refractivity contribution >= 4 is 22.6 Å². The van der Waals surface area contributed by atoms with E-state index in [9.17, 15) is 14.4 Å². The average Bonchev–Trinajstić information content (AvgIpc) is 2.79. The van der Waals surface area contributed by atoms with E-state index in [1.165, 1.54) is 16.7 Å². The van der Waals surface area contributed by atoms with Crippen LogP contribution in [0.5, 0.6) is 0 Å². The van der Waals surface area contributed by atoms with Crippen LogP contribution in [0.2, 0.25) is 0 Å². The molecule has 0 fully saturated rings. The molecule has 162 valence electrons. The maximum absolute atomic E-state index is 13.8. The molecule has 0 bridgehead atoms. The van der Waals surface area contributed by atoms with Gasteiger partial charge < -0.3 is 9.64 Å². The Kier molecular flexibility index (Phi) is 6.84. The van der Waals surface area contributed by atoms with Crippen molar-refractivity contribution in [3.8, 4) is 0 Å². The number of amides is 1. The zero-order chi connectivity index (χ0) is 22.5. The molecule has 1 unspecified atom stereocenters. The van der Waals surface area contributed by atoms with Gasteiger partial charge in [0.2, 0.25) is 0 Å². The minimum Gasteiger partial charge on any atom is -0.468 e. The first kappa shape index (κ1) is 22.2. The summed E-state index contributed by atoms with van der Waals surface area (Å²) in [6, 6.07) is 15.9. The van der Waals surface area contributed by atoms with Crippen molar-refractivity contribution in [2.75, 3.05) is 13.7 Å². The number of carbonyl (C=O) groups excluding carboxylic acids is 2. The maximum Gasteiger partial charge on any atom is 0.325 e. The molecular weight excluding hydrogens is 394 g/mol. The van der Waals surface area contributed by atoms with Gasteiger partial charge in [0.05, 0.1) is 24.6 Å². The summed E-state index contributed by atoms with van der Waals surface area (Å²) in [5.41, 5.74) is 0.794. The molecule has 0 radical (unpaired) electrons. The van der Waals surface area contributed by atoms with Gasteiger partial charge in [0.1, 0.15) is 6.54 Å². The molecule has 3 aromatic rings. The predicted molar refractivity (Wildman–Crippen MR) is 119 cm³/mol. The summed E-state index contributed by atoms with van der Waals surface area (Å²) >= 11 is 0. The van der Waals surface area contributed by atoms with E-state index < -0.39 is 11.9 Å². The molecule has 0 saturated heterocycles. The van der Waals surface area contributed by atoms with E-state index >= 15 is 0 Å². The van der Waals surface area contributed by atoms with Gasteiger partial charge in [0.25, 0.3) is 11.5 Å². The van der Waals surface area contributed by atoms with Crippen molar-refractivity contribution < 1.29 is 14.3 Å². The van der Waals surface area contributed by atoms with Crippen LogP contribution in [0.3, 0.4) is 0 Å². The highest BCUT2D eigenvalue weighted by Crippen LogP contribution is 2.27. The highest BCUT2D eigenvalue weighted by atomic mass is 16.5. The zero-order valence-electron chi connectivity index (χ0n) is 18.2. The molecule has 2 aromatic carbocycles. The molecule has 1 heterocycles. The van der Waals surface area contributed by atoms with E-state index in [-0.39, 0.29) is 29.9 Å². The fourth-order valence-electron chi connectivity index (χ4n) is 3.69. The molecule has 1 atom stereocenters. The van der Waals surface area contributed by atoms with Crippen LogP contribution in [-0.2, 0) is 9.53 Å². The second kappa shape index (κ2) is 9.55. The summed E-state index contributed by atoms with van der Waals surface area (Å²) in [6.07, 6.45) is 0.592. The van der Waals surface area contributed by atoms with Gasteiger partial charge in [-0.2, -0.15) is 5.10 Å². The summed E-state index contributed by atoms with van der Waals surface area (Å²) in [4.78, 5) is 40.4. The van der Waals surface area contributed by atoms with Crippen molar-refractivity contribution in [2.45, 2.75) is 39.3 Å². The van der Waals surface area contributed by atoms with E-state index in [0.29, 0.717) is 17.2 Å². The standard InChI is InChI=1S/C24H27N3O4/c1-5-20(17-11-7-6-8-12-17)26(15-21(28)31-4)24(30)22-18-13-9-10-14-19(18)23(29)27(25-22)16(2)3/h6-14,16,20H,5,15H2,1-4H3. The lowest BCUT2D eigenvalue weighted by Gasteiger charge is -2.31. The summed E-state index contributed by atoms with van der Waals surface area (Å²) in [7, 11) is 1.29. The highest BCUT2D eigenvalue weighted by molar-refractivity contribution is 6.05. The first-order valence-electron chi connectivity index (χ1n) is 10.3. The van der Waals surface area contributed by atoms with E-state index in [2.05, 4.69) is 5.10 Å². The first-order valence-corrected chi connectivity index (χ1v) is 10.3. The topological polar surface area (TPSA) is 81.5 Å². The van der Waals surface area contributed by atoms with Gasteiger partial charge in [0, 0.05) is 5.39 Å². The Morgan fingerprint density at radius 1 is 1.03 bits per heavy atom. The largest absolute Gasteiger partial charge is 0.468 e. The number of hydrogen-bond donors (Lipinski definition) is 0. The molecule has 0 aliphatic heterocycles. The van der Waals surface area contributed by atoms with Gasteiger partial charge in [0.15, 0.2) is 5.69 Å². The summed E-state index contributed by atoms with van der Waals surface area (Å²) in [5.74, 6) is -0.948. The van der Waals surface area contributed by atoms with E-state index in [0.717, 1.165) is 5.56 Å². The molecule has 7 heteroatoms. The number of fused-ring (bicyclic) bond motifs is 1. The van der Waals surface area contributed by atoms with Gasteiger partial charge in [-0.25, -0.2) is 4.68 Å². The fourth-order valence-corrected chi connectivity index (χ4v) is 3.69. The molecule has 0 aliphatic rings. The molecule has 1 amide bonds. The average molecular weight is 421 g/mol. The Morgan fingerprint density at radius 2 is 1.65 bits per heavy atom. The van der Waals surface area contributed by atoms with E-state index in [1.54, 1.807) is 24.3 Å². The molecule has 3 rings (SSSR count). The third-order valence-electron chi connectivity index (χ3n) is 5.26. The quantitative estimate of drug-likeness (QED) is 0.543. The SMILES string of the molecule is CCC(c1ccccc1)N(CC(=O)OC)C(=O)c1nn(C(C)C)c(=O)c2ccccc12. The van der Waals surface area contributed by atoms with Gasteiger partial charge in [-0.15, -0.1) is 0 Å². The first-order chi connectivity index (χ1) is 14.9. The van der Waals surface area contributed by atoms with Gasteiger partial charge in [-0.1, -0.05) is 55.5 Å². The van der Waals surface area contributed by atoms with Crippen LogP contribution in [0.1, 0.15) is 55.3 Å². The minimum atomic E-state index is -0.524. The Balaban J connectivity index is 2.20. The molecular formula is C24H27N3O4. The molecule has 0 N–H and O–H groups in total. The summed E-state index contributed by atoms with van der Waals surface area (Å²) in [5, 5.41) is 5.31. The molecule has 7 nitrogen and oxygen atoms in total. The number of carbonyl (C=O) groups is 2. The van der Waals surface area contributed by atoms with Gasteiger partial charge in [-0.3, -0.25) is 14.4 Å². The fraction of sp³-hybridized carbons (Fsp3) is 0.333. The lowest BCUT2D eigenvalue weighted by molar-refractivity contribution is -0.141. The second-order valence-electron chi connectivity index (χ2n) is 7.58. The molecule has 1 aromatic heterocycles. The third kappa shape index (κ3) is 4.50. The predicted octanol–water partition coefficient (Wildman–Crippen LogP) is 3.74. The summed E-state index contributed by atoms with van der Waals surface area (Å²) in [6.45, 7) is 5.40. The van der Waals surface area contributed by atoms with Gasteiger partial charge in [-0.05, 0) is 31.9 Å². The van der Waals surface area contributed by atoms with Crippen LogP contribution < -0.4 is 5.56 Å². The second-order valence-corrected chi connectivity index (χ2v) is 7.58. The number of methoxy groups -OCH3 is 1. The third-order valence-corrected chi connectivity index (χ3v) is 5.26. The van der Waals surface area contributed by atoms with Crippen molar-refractivity contribution in [1.29, 1.82) is 0 Å². The van der Waals surface area contributed by atoms with Crippen LogP contribution in [0, 0.1) is 0 Å². The number of aromatic nitrogens is 2. The lowest BCUT2D eigenvalue weighted by Crippen LogP contribution is -2.40. The van der Waals surface area contributed by atoms with Crippen molar-refractivity contribution in [3.63, 3.8) is 0 Å². The smallest absolute Gasteiger partial charge is 0.325 e. The van der Waals surface area contributed by atoms with Gasteiger partial charge >= 0.3 is 5.97 Å². The monoisotopic (exact) mass is 421 g/mol. The zero-order valence-corrected chi connectivity index (χ0v) is 18.2. The summed E-state index contributed by atoms with van der Waals surface area (Å²) < 4.78 is 6.17. The Hall–Kier alpha value is -3.48. The lowest BCUT2D eigenvalue weighted by atomic mass is 10.0. The van der Waals surface area contributed by atoms with Crippen molar-refractivity contribution in [2.24, 2.45) is 0 Å². The number of benzene rings is 2. The van der Waals surface area contributed by atoms with Crippen LogP contribution in [0.4, 0.5) is 0 Å². The Morgan fingerprint density at radius 3 is 2.23 bits per heavy atom. The number of ether oxygens (including phenoxy) is 1. The molecule has 31 heavy (non-hydrogen) atoms. The van der Waals surface area contributed by atoms with Crippen molar-refractivity contribution in [3.05, 3.63) is 76.2 Å². The minimum absolute atomic E-state index is 0.141. The highest BCUT2D eigenvalue weighted by Gasteiger charge is 2.30. The normalized spacial score (nSPS) is 12.0.